The molecule has 7 heteroatoms. The highest BCUT2D eigenvalue weighted by molar-refractivity contribution is 6.27. The van der Waals surface area contributed by atoms with Gasteiger partial charge in [-0.1, -0.05) is 12.1 Å². The molecule has 2 heterocycles. The van der Waals surface area contributed by atoms with Gasteiger partial charge < -0.3 is 14.7 Å². The number of likely N-dealkylation sites (tertiary alicyclic amines) is 1. The summed E-state index contributed by atoms with van der Waals surface area (Å²) in [6.45, 7) is 5.40. The van der Waals surface area contributed by atoms with Gasteiger partial charge in [0.1, 0.15) is 0 Å². The van der Waals surface area contributed by atoms with Crippen molar-refractivity contribution in [1.29, 1.82) is 0 Å². The van der Waals surface area contributed by atoms with Gasteiger partial charge >= 0.3 is 11.9 Å². The molecule has 106 valence electrons. The zero-order chi connectivity index (χ0) is 14.6. The number of hydrogen-bond acceptors (Lipinski definition) is 5. The first-order valence-electron chi connectivity index (χ1n) is 5.91. The van der Waals surface area contributed by atoms with Gasteiger partial charge in [-0.2, -0.15) is 0 Å². The maximum Gasteiger partial charge on any atom is 0.414 e. The molecule has 2 rings (SSSR count). The summed E-state index contributed by atoms with van der Waals surface area (Å²) < 4.78 is 5.28. The number of carboxylic acids is 2. The van der Waals surface area contributed by atoms with E-state index in [1.54, 1.807) is 0 Å². The predicted molar refractivity (Wildman–Crippen MR) is 65.7 cm³/mol. The van der Waals surface area contributed by atoms with E-state index in [9.17, 15) is 0 Å². The van der Waals surface area contributed by atoms with Crippen LogP contribution in [-0.4, -0.2) is 45.8 Å². The van der Waals surface area contributed by atoms with E-state index in [1.807, 2.05) is 13.0 Å². The minimum absolute atomic E-state index is 0.441. The van der Waals surface area contributed by atoms with Crippen LogP contribution >= 0.6 is 0 Å². The average Bonchev–Trinajstić information content (AvgIpc) is 2.85. The molecule has 0 spiro atoms. The standard InChI is InChI=1S/C10H16N2O.C2H2O4/c1-7-4-9(12(3)6-7)10-5-8(2)11-13-10;3-1(4)2(5)6/h5,7,9H,4,6H2,1-3H3;(H,3,4)(H,5,6)/t7-,9-;/m1./s1. The smallest absolute Gasteiger partial charge is 0.414 e. The summed E-state index contributed by atoms with van der Waals surface area (Å²) in [6.07, 6.45) is 1.19. The fourth-order valence-corrected chi connectivity index (χ4v) is 2.13. The molecule has 7 nitrogen and oxygen atoms in total. The molecule has 1 fully saturated rings. The lowest BCUT2D eigenvalue weighted by molar-refractivity contribution is -0.159. The van der Waals surface area contributed by atoms with Gasteiger partial charge in [-0.3, -0.25) is 4.90 Å². The van der Waals surface area contributed by atoms with Crippen molar-refractivity contribution in [2.75, 3.05) is 13.6 Å². The van der Waals surface area contributed by atoms with Crippen LogP contribution in [0.5, 0.6) is 0 Å². The Morgan fingerprint density at radius 2 is 2.00 bits per heavy atom. The first-order chi connectivity index (χ1) is 8.81. The van der Waals surface area contributed by atoms with Crippen LogP contribution in [0.1, 0.15) is 30.8 Å². The molecule has 19 heavy (non-hydrogen) atoms. The predicted octanol–water partition coefficient (Wildman–Crippen LogP) is 1.15. The van der Waals surface area contributed by atoms with E-state index in [-0.39, 0.29) is 0 Å². The van der Waals surface area contributed by atoms with E-state index in [0.717, 1.165) is 23.9 Å². The molecule has 0 aromatic carbocycles. The first-order valence-corrected chi connectivity index (χ1v) is 5.91. The molecule has 1 aromatic heterocycles. The molecule has 0 unspecified atom stereocenters. The lowest BCUT2D eigenvalue weighted by atomic mass is 10.1. The lowest BCUT2D eigenvalue weighted by Gasteiger charge is -2.15. The summed E-state index contributed by atoms with van der Waals surface area (Å²) in [7, 11) is 2.14. The molecule has 1 aliphatic heterocycles. The number of rotatable bonds is 1. The topological polar surface area (TPSA) is 104 Å². The van der Waals surface area contributed by atoms with Crippen LogP contribution in [0.25, 0.3) is 0 Å². The van der Waals surface area contributed by atoms with Crippen molar-refractivity contribution in [2.45, 2.75) is 26.3 Å². The van der Waals surface area contributed by atoms with Crippen LogP contribution in [0, 0.1) is 12.8 Å². The second kappa shape index (κ2) is 6.33. The number of aromatic nitrogens is 1. The highest BCUT2D eigenvalue weighted by Gasteiger charge is 2.30. The van der Waals surface area contributed by atoms with Crippen molar-refractivity contribution in [1.82, 2.24) is 10.1 Å². The van der Waals surface area contributed by atoms with Crippen molar-refractivity contribution in [3.8, 4) is 0 Å². The summed E-state index contributed by atoms with van der Waals surface area (Å²) in [5.41, 5.74) is 0.975. The third kappa shape index (κ3) is 4.36. The number of aryl methyl sites for hydroxylation is 1. The van der Waals surface area contributed by atoms with Gasteiger partial charge in [-0.25, -0.2) is 9.59 Å². The van der Waals surface area contributed by atoms with Crippen molar-refractivity contribution < 1.29 is 24.3 Å². The number of carboxylic acid groups (broad SMARTS) is 2. The largest absolute Gasteiger partial charge is 0.473 e. The molecular formula is C12H18N2O5. The van der Waals surface area contributed by atoms with Crippen LogP contribution < -0.4 is 0 Å². The highest BCUT2D eigenvalue weighted by Crippen LogP contribution is 2.33. The number of aliphatic carboxylic acids is 2. The molecule has 1 aliphatic rings. The monoisotopic (exact) mass is 270 g/mol. The van der Waals surface area contributed by atoms with Crippen LogP contribution in [0.4, 0.5) is 0 Å². The van der Waals surface area contributed by atoms with Gasteiger partial charge in [0.25, 0.3) is 0 Å². The second-order valence-electron chi connectivity index (χ2n) is 4.78. The maximum atomic E-state index is 9.10. The van der Waals surface area contributed by atoms with E-state index < -0.39 is 11.9 Å². The molecule has 2 atom stereocenters. The van der Waals surface area contributed by atoms with E-state index in [2.05, 4.69) is 24.0 Å². The van der Waals surface area contributed by atoms with Gasteiger partial charge in [0.15, 0.2) is 5.76 Å². The summed E-state index contributed by atoms with van der Waals surface area (Å²) in [5.74, 6) is -1.87. The Morgan fingerprint density at radius 3 is 2.32 bits per heavy atom. The van der Waals surface area contributed by atoms with E-state index in [1.165, 1.54) is 6.42 Å². The molecule has 0 aliphatic carbocycles. The van der Waals surface area contributed by atoms with Crippen LogP contribution in [0.2, 0.25) is 0 Å². The quantitative estimate of drug-likeness (QED) is 0.737. The number of carbonyl (C=O) groups is 2. The zero-order valence-electron chi connectivity index (χ0n) is 11.2. The second-order valence-corrected chi connectivity index (χ2v) is 4.78. The maximum absolute atomic E-state index is 9.10. The summed E-state index contributed by atoms with van der Waals surface area (Å²) in [5, 5.41) is 18.7. The van der Waals surface area contributed by atoms with E-state index in [0.29, 0.717) is 6.04 Å². The van der Waals surface area contributed by atoms with Crippen LogP contribution in [0.15, 0.2) is 10.6 Å². The Bertz CT molecular complexity index is 445. The summed E-state index contributed by atoms with van der Waals surface area (Å²) in [4.78, 5) is 20.5. The minimum atomic E-state index is -1.82. The normalized spacial score (nSPS) is 22.7. The van der Waals surface area contributed by atoms with E-state index in [4.69, 9.17) is 24.3 Å². The molecule has 1 saturated heterocycles. The molecule has 0 radical (unpaired) electrons. The third-order valence-corrected chi connectivity index (χ3v) is 2.91. The molecule has 0 saturated carbocycles. The zero-order valence-corrected chi connectivity index (χ0v) is 11.2. The average molecular weight is 270 g/mol. The highest BCUT2D eigenvalue weighted by atomic mass is 16.5. The van der Waals surface area contributed by atoms with Gasteiger partial charge in [0, 0.05) is 12.6 Å². The molecule has 1 aromatic rings. The fourth-order valence-electron chi connectivity index (χ4n) is 2.13. The van der Waals surface area contributed by atoms with Gasteiger partial charge in [0.2, 0.25) is 0 Å². The Kier molecular flexibility index (Phi) is 5.05. The van der Waals surface area contributed by atoms with Crippen molar-refractivity contribution in [3.05, 3.63) is 17.5 Å². The third-order valence-electron chi connectivity index (χ3n) is 2.91. The first kappa shape index (κ1) is 15.2. The van der Waals surface area contributed by atoms with Crippen LogP contribution in [-0.2, 0) is 9.59 Å². The fraction of sp³-hybridized carbons (Fsp3) is 0.583. The Balaban J connectivity index is 0.000000258. The van der Waals surface area contributed by atoms with Crippen molar-refractivity contribution in [2.24, 2.45) is 5.92 Å². The van der Waals surface area contributed by atoms with Crippen molar-refractivity contribution in [3.63, 3.8) is 0 Å². The Hall–Kier alpha value is -1.89. The molecular weight excluding hydrogens is 252 g/mol. The minimum Gasteiger partial charge on any atom is -0.473 e. The van der Waals surface area contributed by atoms with Crippen LogP contribution in [0.3, 0.4) is 0 Å². The Morgan fingerprint density at radius 1 is 1.42 bits per heavy atom. The van der Waals surface area contributed by atoms with Gasteiger partial charge in [0.05, 0.1) is 11.7 Å². The summed E-state index contributed by atoms with van der Waals surface area (Å²) >= 11 is 0. The lowest BCUT2D eigenvalue weighted by Crippen LogP contribution is -2.17. The molecule has 0 amide bonds. The summed E-state index contributed by atoms with van der Waals surface area (Å²) in [6, 6.07) is 2.48. The SMILES string of the molecule is Cc1cc([C@H]2C[C@@H](C)CN2C)on1.O=C(O)C(=O)O. The molecule has 0 bridgehead atoms. The van der Waals surface area contributed by atoms with Gasteiger partial charge in [-0.05, 0) is 26.3 Å². The molecule has 2 N–H and O–H groups in total. The number of nitrogens with zero attached hydrogens (tertiary/aromatic N) is 2. The van der Waals surface area contributed by atoms with E-state index >= 15 is 0 Å². The van der Waals surface area contributed by atoms with Gasteiger partial charge in [-0.15, -0.1) is 0 Å². The Labute approximate surface area is 110 Å². The van der Waals surface area contributed by atoms with Crippen molar-refractivity contribution >= 4 is 11.9 Å². The number of hydrogen-bond donors (Lipinski definition) is 2.